The molecule has 0 aliphatic carbocycles. The van der Waals surface area contributed by atoms with Gasteiger partial charge in [-0.15, -0.1) is 13.2 Å². The first-order chi connectivity index (χ1) is 7.74. The molecule has 0 unspecified atom stereocenters. The minimum atomic E-state index is -5.05. The van der Waals surface area contributed by atoms with Crippen molar-refractivity contribution in [2.24, 2.45) is 0 Å². The Bertz CT molecular complexity index is 410. The molecule has 0 aliphatic rings. The summed E-state index contributed by atoms with van der Waals surface area (Å²) in [7, 11) is 0. The summed E-state index contributed by atoms with van der Waals surface area (Å²) < 4.78 is 64.4. The summed E-state index contributed by atoms with van der Waals surface area (Å²) in [6.45, 7) is -1.02. The van der Waals surface area contributed by atoms with Crippen LogP contribution >= 0.6 is 22.6 Å². The van der Waals surface area contributed by atoms with E-state index >= 15 is 0 Å². The largest absolute Gasteiger partial charge is 0.574 e. The van der Waals surface area contributed by atoms with Gasteiger partial charge in [0.15, 0.2) is 0 Å². The molecule has 1 aromatic heterocycles. The predicted octanol–water partition coefficient (Wildman–Crippen LogP) is 3.01. The minimum Gasteiger partial charge on any atom is -0.391 e. The number of alkyl halides is 5. The summed E-state index contributed by atoms with van der Waals surface area (Å²) >= 11 is 1.48. The maximum Gasteiger partial charge on any atom is 0.574 e. The van der Waals surface area contributed by atoms with Crippen molar-refractivity contribution in [1.29, 1.82) is 0 Å². The van der Waals surface area contributed by atoms with Gasteiger partial charge in [0.25, 0.3) is 6.43 Å². The molecule has 1 N–H and O–H groups in total. The molecule has 9 heteroatoms. The highest BCUT2D eigenvalue weighted by Crippen LogP contribution is 2.32. The number of rotatable bonds is 3. The van der Waals surface area contributed by atoms with Crippen LogP contribution in [-0.4, -0.2) is 16.5 Å². The molecule has 0 aromatic carbocycles. The van der Waals surface area contributed by atoms with Gasteiger partial charge in [-0.3, -0.25) is 0 Å². The molecule has 0 spiro atoms. The van der Waals surface area contributed by atoms with Crippen LogP contribution in [0.1, 0.15) is 17.6 Å². The summed E-state index contributed by atoms with van der Waals surface area (Å²) in [6, 6.07) is 0.889. The van der Waals surface area contributed by atoms with Crippen LogP contribution in [0.4, 0.5) is 22.0 Å². The lowest BCUT2D eigenvalue weighted by Crippen LogP contribution is -2.20. The van der Waals surface area contributed by atoms with E-state index in [1.54, 1.807) is 0 Å². The summed E-state index contributed by atoms with van der Waals surface area (Å²) in [5.74, 6) is -1.05. The monoisotopic (exact) mass is 369 g/mol. The van der Waals surface area contributed by atoms with Crippen LogP contribution in [0.25, 0.3) is 0 Å². The zero-order chi connectivity index (χ0) is 13.2. The number of pyridine rings is 1. The standard InChI is InChI=1S/C8H5F5INO2/c9-6(10)3-1-5(14)15-7(4(3)2-16)17-8(11,12)13/h1,6,16H,2H2. The lowest BCUT2D eigenvalue weighted by Gasteiger charge is -2.14. The molecular weight excluding hydrogens is 364 g/mol. The fourth-order valence-electron chi connectivity index (χ4n) is 1.08. The van der Waals surface area contributed by atoms with Gasteiger partial charge in [-0.05, 0) is 28.7 Å². The number of nitrogens with zero attached hydrogens (tertiary/aromatic N) is 1. The van der Waals surface area contributed by atoms with Crippen molar-refractivity contribution in [3.8, 4) is 5.88 Å². The van der Waals surface area contributed by atoms with Crippen molar-refractivity contribution in [3.05, 3.63) is 20.9 Å². The van der Waals surface area contributed by atoms with Crippen LogP contribution in [-0.2, 0) is 6.61 Å². The maximum absolute atomic E-state index is 12.5. The Balaban J connectivity index is 3.28. The Morgan fingerprint density at radius 1 is 1.41 bits per heavy atom. The molecule has 1 rings (SSSR count). The van der Waals surface area contributed by atoms with Crippen molar-refractivity contribution in [1.82, 2.24) is 4.98 Å². The van der Waals surface area contributed by atoms with E-state index < -0.39 is 36.4 Å². The van der Waals surface area contributed by atoms with Crippen molar-refractivity contribution < 1.29 is 31.8 Å². The fourth-order valence-corrected chi connectivity index (χ4v) is 1.64. The van der Waals surface area contributed by atoms with E-state index in [0.29, 0.717) is 0 Å². The van der Waals surface area contributed by atoms with E-state index in [9.17, 15) is 22.0 Å². The Hall–Kier alpha value is -0.710. The highest BCUT2D eigenvalue weighted by atomic mass is 127. The van der Waals surface area contributed by atoms with Crippen LogP contribution in [0, 0.1) is 3.70 Å². The Morgan fingerprint density at radius 2 is 2.00 bits per heavy atom. The predicted molar refractivity (Wildman–Crippen MR) is 54.5 cm³/mol. The van der Waals surface area contributed by atoms with E-state index in [1.165, 1.54) is 22.6 Å². The van der Waals surface area contributed by atoms with E-state index in [-0.39, 0.29) is 3.70 Å². The number of hydrogen-bond acceptors (Lipinski definition) is 3. The van der Waals surface area contributed by atoms with E-state index in [0.717, 1.165) is 6.07 Å². The number of halogens is 6. The first-order valence-electron chi connectivity index (χ1n) is 4.08. The molecule has 0 aliphatic heterocycles. The van der Waals surface area contributed by atoms with Crippen molar-refractivity contribution in [2.75, 3.05) is 0 Å². The molecule has 1 heterocycles. The average Bonchev–Trinajstić information content (AvgIpc) is 2.14. The number of aliphatic hydroxyl groups excluding tert-OH is 1. The SMILES string of the molecule is OCc1c(C(F)F)cc(I)nc1OC(F)(F)F. The van der Waals surface area contributed by atoms with Gasteiger partial charge in [0, 0.05) is 11.1 Å². The number of aliphatic hydroxyl groups is 1. The molecule has 0 amide bonds. The van der Waals surface area contributed by atoms with E-state index in [1.807, 2.05) is 0 Å². The molecule has 0 atom stereocenters. The number of aromatic nitrogens is 1. The Kier molecular flexibility index (Phi) is 4.47. The maximum atomic E-state index is 12.5. The third kappa shape index (κ3) is 3.91. The molecule has 0 saturated carbocycles. The van der Waals surface area contributed by atoms with Crippen LogP contribution in [0.15, 0.2) is 6.07 Å². The molecule has 3 nitrogen and oxygen atoms in total. The molecule has 17 heavy (non-hydrogen) atoms. The fraction of sp³-hybridized carbons (Fsp3) is 0.375. The van der Waals surface area contributed by atoms with E-state index in [2.05, 4.69) is 9.72 Å². The highest BCUT2D eigenvalue weighted by molar-refractivity contribution is 14.1. The molecule has 0 saturated heterocycles. The third-order valence-electron chi connectivity index (χ3n) is 1.70. The highest BCUT2D eigenvalue weighted by Gasteiger charge is 2.34. The first kappa shape index (κ1) is 14.4. The van der Waals surface area contributed by atoms with Crippen molar-refractivity contribution in [3.63, 3.8) is 0 Å². The molecule has 0 bridgehead atoms. The first-order valence-corrected chi connectivity index (χ1v) is 5.16. The zero-order valence-corrected chi connectivity index (χ0v) is 10.1. The van der Waals surface area contributed by atoms with Gasteiger partial charge in [0.05, 0.1) is 6.61 Å². The van der Waals surface area contributed by atoms with Crippen molar-refractivity contribution in [2.45, 2.75) is 19.4 Å². The molecule has 1 aromatic rings. The summed E-state index contributed by atoms with van der Waals surface area (Å²) in [4.78, 5) is 3.32. The van der Waals surface area contributed by atoms with Crippen molar-refractivity contribution >= 4 is 22.6 Å². The van der Waals surface area contributed by atoms with E-state index in [4.69, 9.17) is 5.11 Å². The van der Waals surface area contributed by atoms with Gasteiger partial charge in [-0.2, -0.15) is 0 Å². The third-order valence-corrected chi connectivity index (χ3v) is 2.25. The minimum absolute atomic E-state index is 0.0886. The Labute approximate surface area is 106 Å². The van der Waals surface area contributed by atoms with Gasteiger partial charge in [0.1, 0.15) is 3.70 Å². The molecule has 0 fully saturated rings. The van der Waals surface area contributed by atoms with Gasteiger partial charge in [0.2, 0.25) is 5.88 Å². The van der Waals surface area contributed by atoms with Crippen LogP contribution in [0.5, 0.6) is 5.88 Å². The summed E-state index contributed by atoms with van der Waals surface area (Å²) in [6.07, 6.45) is -8.08. The second-order valence-corrected chi connectivity index (χ2v) is 3.93. The zero-order valence-electron chi connectivity index (χ0n) is 7.93. The van der Waals surface area contributed by atoms with Crippen LogP contribution in [0.3, 0.4) is 0 Å². The second kappa shape index (κ2) is 5.29. The topological polar surface area (TPSA) is 42.4 Å². The quantitative estimate of drug-likeness (QED) is 0.506. The Morgan fingerprint density at radius 3 is 2.41 bits per heavy atom. The average molecular weight is 369 g/mol. The smallest absolute Gasteiger partial charge is 0.391 e. The summed E-state index contributed by atoms with van der Waals surface area (Å²) in [5, 5.41) is 8.81. The molecule has 96 valence electrons. The summed E-state index contributed by atoms with van der Waals surface area (Å²) in [5.41, 5.74) is -1.40. The van der Waals surface area contributed by atoms with Gasteiger partial charge in [-0.25, -0.2) is 13.8 Å². The lowest BCUT2D eigenvalue weighted by atomic mass is 10.1. The number of hydrogen-bond donors (Lipinski definition) is 1. The molecular formula is C8H5F5INO2. The second-order valence-electron chi connectivity index (χ2n) is 2.82. The van der Waals surface area contributed by atoms with Crippen LogP contribution < -0.4 is 4.74 Å². The normalized spacial score (nSPS) is 12.0. The molecule has 0 radical (unpaired) electrons. The van der Waals surface area contributed by atoms with Gasteiger partial charge >= 0.3 is 6.36 Å². The van der Waals surface area contributed by atoms with Gasteiger partial charge < -0.3 is 9.84 Å². The number of ether oxygens (including phenoxy) is 1. The lowest BCUT2D eigenvalue weighted by molar-refractivity contribution is -0.276. The van der Waals surface area contributed by atoms with Crippen LogP contribution in [0.2, 0.25) is 0 Å². The van der Waals surface area contributed by atoms with Gasteiger partial charge in [-0.1, -0.05) is 0 Å².